The fourth-order valence-electron chi connectivity index (χ4n) is 2.41. The van der Waals surface area contributed by atoms with Crippen molar-refractivity contribution < 1.29 is 22.0 Å². The molecule has 0 amide bonds. The van der Waals surface area contributed by atoms with E-state index in [4.69, 9.17) is 4.42 Å². The Morgan fingerprint density at radius 3 is 2.46 bits per heavy atom. The van der Waals surface area contributed by atoms with Gasteiger partial charge in [-0.3, -0.25) is 4.98 Å². The molecule has 7 nitrogen and oxygen atoms in total. The minimum atomic E-state index is -2.84. The van der Waals surface area contributed by atoms with Gasteiger partial charge in [-0.1, -0.05) is 5.21 Å². The highest BCUT2D eigenvalue weighted by atomic mass is 19.3. The molecule has 0 saturated carbocycles. The van der Waals surface area contributed by atoms with Gasteiger partial charge in [-0.15, -0.1) is 15.3 Å². The highest BCUT2D eigenvalue weighted by molar-refractivity contribution is 5.57. The molecule has 0 fully saturated rings. The Labute approximate surface area is 154 Å². The van der Waals surface area contributed by atoms with E-state index in [0.29, 0.717) is 22.5 Å². The first-order valence-electron chi connectivity index (χ1n) is 7.92. The SMILES string of the molecule is Fc1ccc(-c2cn(Cc3ccc(-c4nnc(C(F)F)o4)cn3)nn2)cc1F. The van der Waals surface area contributed by atoms with Gasteiger partial charge in [0.1, 0.15) is 5.69 Å². The predicted molar refractivity (Wildman–Crippen MR) is 87.0 cm³/mol. The van der Waals surface area contributed by atoms with Crippen molar-refractivity contribution in [2.75, 3.05) is 0 Å². The number of benzene rings is 1. The van der Waals surface area contributed by atoms with Crippen LogP contribution < -0.4 is 0 Å². The summed E-state index contributed by atoms with van der Waals surface area (Å²) < 4.78 is 57.7. The number of hydrogen-bond acceptors (Lipinski definition) is 6. The zero-order chi connectivity index (χ0) is 19.7. The molecule has 4 aromatic rings. The molecule has 28 heavy (non-hydrogen) atoms. The molecular formula is C17H10F4N6O. The van der Waals surface area contributed by atoms with E-state index in [1.54, 1.807) is 18.3 Å². The van der Waals surface area contributed by atoms with Crippen LogP contribution in [-0.2, 0) is 6.54 Å². The number of aromatic nitrogens is 6. The minimum absolute atomic E-state index is 0.0595. The monoisotopic (exact) mass is 390 g/mol. The lowest BCUT2D eigenvalue weighted by molar-refractivity contribution is 0.116. The zero-order valence-corrected chi connectivity index (χ0v) is 13.9. The smallest absolute Gasteiger partial charge is 0.314 e. The molecule has 3 aromatic heterocycles. The summed E-state index contributed by atoms with van der Waals surface area (Å²) in [4.78, 5) is 4.20. The molecule has 0 unspecified atom stereocenters. The van der Waals surface area contributed by atoms with Gasteiger partial charge in [0.2, 0.25) is 5.89 Å². The predicted octanol–water partition coefficient (Wildman–Crippen LogP) is 3.65. The fourth-order valence-corrected chi connectivity index (χ4v) is 2.41. The first-order valence-corrected chi connectivity index (χ1v) is 7.92. The Morgan fingerprint density at radius 2 is 1.79 bits per heavy atom. The molecule has 0 radical (unpaired) electrons. The van der Waals surface area contributed by atoms with Crippen LogP contribution in [0, 0.1) is 11.6 Å². The molecule has 0 N–H and O–H groups in total. The first kappa shape index (κ1) is 17.8. The molecule has 142 valence electrons. The largest absolute Gasteiger partial charge is 0.415 e. The highest BCUT2D eigenvalue weighted by Gasteiger charge is 2.17. The number of rotatable bonds is 5. The van der Waals surface area contributed by atoms with Gasteiger partial charge in [0.25, 0.3) is 5.89 Å². The van der Waals surface area contributed by atoms with Gasteiger partial charge in [0.15, 0.2) is 11.6 Å². The van der Waals surface area contributed by atoms with Crippen LogP contribution in [0.15, 0.2) is 47.1 Å². The topological polar surface area (TPSA) is 82.5 Å². The van der Waals surface area contributed by atoms with E-state index in [1.165, 1.54) is 16.9 Å². The van der Waals surface area contributed by atoms with Gasteiger partial charge >= 0.3 is 6.43 Å². The van der Waals surface area contributed by atoms with E-state index in [2.05, 4.69) is 25.5 Å². The number of pyridine rings is 1. The molecule has 0 aliphatic carbocycles. The van der Waals surface area contributed by atoms with E-state index < -0.39 is 24.0 Å². The maximum Gasteiger partial charge on any atom is 0.314 e. The molecule has 0 spiro atoms. The average Bonchev–Trinajstić information content (AvgIpc) is 3.35. The van der Waals surface area contributed by atoms with Crippen LogP contribution in [0.5, 0.6) is 0 Å². The molecular weight excluding hydrogens is 380 g/mol. The molecule has 4 rings (SSSR count). The summed E-state index contributed by atoms with van der Waals surface area (Å²) >= 11 is 0. The maximum atomic E-state index is 13.3. The van der Waals surface area contributed by atoms with E-state index in [1.807, 2.05) is 0 Å². The average molecular weight is 390 g/mol. The lowest BCUT2D eigenvalue weighted by Crippen LogP contribution is -2.02. The number of halogens is 4. The van der Waals surface area contributed by atoms with Crippen LogP contribution in [-0.4, -0.2) is 30.2 Å². The van der Waals surface area contributed by atoms with E-state index >= 15 is 0 Å². The van der Waals surface area contributed by atoms with Gasteiger partial charge in [-0.2, -0.15) is 8.78 Å². The third-order valence-electron chi connectivity index (χ3n) is 3.78. The Balaban J connectivity index is 1.49. The first-order chi connectivity index (χ1) is 13.5. The van der Waals surface area contributed by atoms with Crippen molar-refractivity contribution in [1.29, 1.82) is 0 Å². The number of nitrogens with zero attached hydrogens (tertiary/aromatic N) is 6. The van der Waals surface area contributed by atoms with E-state index in [0.717, 1.165) is 12.1 Å². The number of hydrogen-bond donors (Lipinski definition) is 0. The van der Waals surface area contributed by atoms with Crippen molar-refractivity contribution >= 4 is 0 Å². The van der Waals surface area contributed by atoms with Crippen molar-refractivity contribution in [3.8, 4) is 22.7 Å². The van der Waals surface area contributed by atoms with Crippen molar-refractivity contribution in [1.82, 2.24) is 30.2 Å². The summed E-state index contributed by atoms with van der Waals surface area (Å²) in [5.41, 5.74) is 1.75. The third-order valence-corrected chi connectivity index (χ3v) is 3.78. The molecule has 3 heterocycles. The Bertz CT molecular complexity index is 1110. The van der Waals surface area contributed by atoms with E-state index in [-0.39, 0.29) is 12.4 Å². The summed E-state index contributed by atoms with van der Waals surface area (Å²) in [6, 6.07) is 6.69. The van der Waals surface area contributed by atoms with Crippen molar-refractivity contribution in [3.63, 3.8) is 0 Å². The van der Waals surface area contributed by atoms with Gasteiger partial charge in [0.05, 0.1) is 24.0 Å². The fraction of sp³-hybridized carbons (Fsp3) is 0.118. The van der Waals surface area contributed by atoms with Crippen molar-refractivity contribution in [3.05, 3.63) is 65.9 Å². The minimum Gasteiger partial charge on any atom is -0.415 e. The molecule has 11 heteroatoms. The van der Waals surface area contributed by atoms with Gasteiger partial charge in [-0.25, -0.2) is 13.5 Å². The summed E-state index contributed by atoms with van der Waals surface area (Å²) in [6.07, 6.45) is 0.130. The zero-order valence-electron chi connectivity index (χ0n) is 13.9. The van der Waals surface area contributed by atoms with Crippen molar-refractivity contribution in [2.45, 2.75) is 13.0 Å². The molecule has 1 aromatic carbocycles. The second kappa shape index (κ2) is 7.18. The van der Waals surface area contributed by atoms with Crippen LogP contribution in [0.3, 0.4) is 0 Å². The second-order valence-electron chi connectivity index (χ2n) is 5.71. The lowest BCUT2D eigenvalue weighted by atomic mass is 10.1. The summed E-state index contributed by atoms with van der Waals surface area (Å²) in [6.45, 7) is 0.253. The lowest BCUT2D eigenvalue weighted by Gasteiger charge is -2.01. The van der Waals surface area contributed by atoms with Crippen molar-refractivity contribution in [2.24, 2.45) is 0 Å². The summed E-state index contributed by atoms with van der Waals surface area (Å²) in [7, 11) is 0. The van der Waals surface area contributed by atoms with Crippen LogP contribution in [0.2, 0.25) is 0 Å². The van der Waals surface area contributed by atoms with E-state index in [9.17, 15) is 17.6 Å². The van der Waals surface area contributed by atoms with Crippen LogP contribution in [0.4, 0.5) is 17.6 Å². The van der Waals surface area contributed by atoms with Crippen LogP contribution in [0.25, 0.3) is 22.7 Å². The molecule has 0 aliphatic rings. The molecule has 0 aliphatic heterocycles. The van der Waals surface area contributed by atoms with Crippen LogP contribution in [0.1, 0.15) is 18.0 Å². The Morgan fingerprint density at radius 1 is 0.964 bits per heavy atom. The van der Waals surface area contributed by atoms with Crippen LogP contribution >= 0.6 is 0 Å². The van der Waals surface area contributed by atoms with Gasteiger partial charge in [0, 0.05) is 11.8 Å². The van der Waals surface area contributed by atoms with Gasteiger partial charge < -0.3 is 4.42 Å². The third kappa shape index (κ3) is 3.59. The number of alkyl halides is 2. The normalized spacial score (nSPS) is 11.3. The second-order valence-corrected chi connectivity index (χ2v) is 5.71. The van der Waals surface area contributed by atoms with Gasteiger partial charge in [-0.05, 0) is 30.3 Å². The summed E-state index contributed by atoms with van der Waals surface area (Å²) in [5, 5.41) is 14.7. The quantitative estimate of drug-likeness (QED) is 0.484. The Kier molecular flexibility index (Phi) is 4.55. The molecule has 0 atom stereocenters. The summed E-state index contributed by atoms with van der Waals surface area (Å²) in [5.74, 6) is -2.73. The maximum absolute atomic E-state index is 13.3. The highest BCUT2D eigenvalue weighted by Crippen LogP contribution is 2.23. The molecule has 0 bridgehead atoms. The Hall–Kier alpha value is -3.63. The molecule has 0 saturated heterocycles. The standard InChI is InChI=1S/C17H10F4N6O/c18-12-4-2-9(5-13(12)19)14-8-27(26-23-14)7-11-3-1-10(6-22-11)16-24-25-17(28-16)15(20)21/h1-6,8,15H,7H2.